The number of hydrogen-bond donors (Lipinski definition) is 0. The molecule has 5 nitrogen and oxygen atoms in total. The number of Topliss-reactive ketones (excluding diaryl/α,β-unsaturated/α-hetero) is 1. The van der Waals surface area contributed by atoms with Crippen LogP contribution in [0, 0.1) is 11.8 Å². The fourth-order valence-electron chi connectivity index (χ4n) is 3.82. The molecule has 42 heavy (non-hydrogen) atoms. The van der Waals surface area contributed by atoms with Crippen LogP contribution in [0.4, 0.5) is 0 Å². The first kappa shape index (κ1) is 29.5. The summed E-state index contributed by atoms with van der Waals surface area (Å²) in [7, 11) is 0. The molecule has 4 rings (SSSR count). The van der Waals surface area contributed by atoms with E-state index in [-0.39, 0.29) is 12.4 Å². The van der Waals surface area contributed by atoms with Gasteiger partial charge in [0.25, 0.3) is 0 Å². The third-order valence-corrected chi connectivity index (χ3v) is 6.34. The summed E-state index contributed by atoms with van der Waals surface area (Å²) in [5.41, 5.74) is 6.72. The molecule has 0 atom stereocenters. The predicted octanol–water partition coefficient (Wildman–Crippen LogP) is 7.28. The molecular weight excluding hydrogens is 524 g/mol. The highest BCUT2D eigenvalue weighted by Crippen LogP contribution is 2.22. The van der Waals surface area contributed by atoms with Gasteiger partial charge in [0.05, 0.1) is 5.56 Å². The fourth-order valence-corrected chi connectivity index (χ4v) is 3.82. The van der Waals surface area contributed by atoms with Crippen molar-refractivity contribution in [2.24, 2.45) is 0 Å². The maximum Gasteiger partial charge on any atom is 0.343 e. The van der Waals surface area contributed by atoms with E-state index in [0.717, 1.165) is 33.4 Å². The average Bonchev–Trinajstić information content (AvgIpc) is 3.00. The molecule has 0 spiro atoms. The first-order valence-corrected chi connectivity index (χ1v) is 13.3. The molecule has 0 heterocycles. The van der Waals surface area contributed by atoms with E-state index >= 15 is 0 Å². The third-order valence-electron chi connectivity index (χ3n) is 6.34. The number of rotatable bonds is 9. The number of ketones is 1. The summed E-state index contributed by atoms with van der Waals surface area (Å²) < 4.78 is 10.6. The standard InChI is InChI=1S/C37H30O5/c1-25(2)35(38)23-29-9-7-27(8-10-29)5-6-28-11-15-31(16-12-28)32-17-19-33(20-18-32)37(40)42-34-21-13-30(14-22-34)24-41-36(39)26(3)4/h7-22H,1,3,23-24H2,2,4H3. The highest BCUT2D eigenvalue weighted by atomic mass is 16.5. The van der Waals surface area contributed by atoms with Crippen LogP contribution in [-0.4, -0.2) is 17.7 Å². The van der Waals surface area contributed by atoms with Gasteiger partial charge in [-0.05, 0) is 90.2 Å². The molecule has 4 aromatic rings. The topological polar surface area (TPSA) is 69.7 Å². The van der Waals surface area contributed by atoms with Gasteiger partial charge in [0.1, 0.15) is 12.4 Å². The number of allylic oxidation sites excluding steroid dienone is 1. The molecule has 5 heteroatoms. The second-order valence-electron chi connectivity index (χ2n) is 9.87. The van der Waals surface area contributed by atoms with Crippen molar-refractivity contribution in [3.8, 4) is 28.7 Å². The number of carbonyl (C=O) groups is 3. The van der Waals surface area contributed by atoms with Crippen LogP contribution in [0.25, 0.3) is 11.1 Å². The smallest absolute Gasteiger partial charge is 0.343 e. The third kappa shape index (κ3) is 8.27. The summed E-state index contributed by atoms with van der Waals surface area (Å²) in [6.07, 6.45) is 0.345. The number of esters is 2. The lowest BCUT2D eigenvalue weighted by atomic mass is 10.0. The van der Waals surface area contributed by atoms with Crippen molar-refractivity contribution < 1.29 is 23.9 Å². The zero-order valence-corrected chi connectivity index (χ0v) is 23.6. The summed E-state index contributed by atoms with van der Waals surface area (Å²) in [5, 5.41) is 0. The van der Waals surface area contributed by atoms with E-state index in [1.165, 1.54) is 0 Å². The number of benzene rings is 4. The monoisotopic (exact) mass is 554 g/mol. The van der Waals surface area contributed by atoms with Gasteiger partial charge < -0.3 is 9.47 Å². The van der Waals surface area contributed by atoms with E-state index in [1.54, 1.807) is 50.2 Å². The molecule has 0 bridgehead atoms. The first-order chi connectivity index (χ1) is 20.2. The molecule has 0 fully saturated rings. The Labute approximate surface area is 246 Å². The molecule has 0 N–H and O–H groups in total. The molecule has 0 radical (unpaired) electrons. The minimum Gasteiger partial charge on any atom is -0.457 e. The van der Waals surface area contributed by atoms with Crippen LogP contribution < -0.4 is 4.74 Å². The SMILES string of the molecule is C=C(C)C(=O)Cc1ccc(C#Cc2ccc(-c3ccc(C(=O)Oc4ccc(COC(=O)C(=C)C)cc4)cc3)cc2)cc1. The normalized spacial score (nSPS) is 10.1. The Balaban J connectivity index is 1.32. The van der Waals surface area contributed by atoms with Gasteiger partial charge >= 0.3 is 11.9 Å². The van der Waals surface area contributed by atoms with Crippen LogP contribution in [0.1, 0.15) is 46.5 Å². The lowest BCUT2D eigenvalue weighted by molar-refractivity contribution is -0.140. The quantitative estimate of drug-likeness (QED) is 0.0941. The minimum absolute atomic E-state index is 0.0346. The molecule has 0 saturated heterocycles. The Morgan fingerprint density at radius 3 is 1.67 bits per heavy atom. The van der Waals surface area contributed by atoms with E-state index in [4.69, 9.17) is 9.47 Å². The molecule has 0 aliphatic heterocycles. The molecule has 0 unspecified atom stereocenters. The van der Waals surface area contributed by atoms with Crippen molar-refractivity contribution in [3.05, 3.63) is 149 Å². The van der Waals surface area contributed by atoms with Gasteiger partial charge in [-0.25, -0.2) is 9.59 Å². The van der Waals surface area contributed by atoms with Gasteiger partial charge in [-0.15, -0.1) is 0 Å². The Bertz CT molecular complexity index is 1680. The van der Waals surface area contributed by atoms with Crippen molar-refractivity contribution in [1.82, 2.24) is 0 Å². The zero-order valence-electron chi connectivity index (χ0n) is 23.6. The maximum atomic E-state index is 12.6. The van der Waals surface area contributed by atoms with Crippen molar-refractivity contribution in [2.75, 3.05) is 0 Å². The van der Waals surface area contributed by atoms with Crippen LogP contribution in [0.15, 0.2) is 121 Å². The average molecular weight is 555 g/mol. The van der Waals surface area contributed by atoms with Crippen molar-refractivity contribution in [1.29, 1.82) is 0 Å². The molecule has 0 amide bonds. The fraction of sp³-hybridized carbons (Fsp3) is 0.108. The number of ether oxygens (including phenoxy) is 2. The number of hydrogen-bond acceptors (Lipinski definition) is 5. The molecule has 0 aliphatic carbocycles. The molecule has 0 saturated carbocycles. The molecule has 0 aliphatic rings. The van der Waals surface area contributed by atoms with E-state index < -0.39 is 11.9 Å². The Hall–Kier alpha value is -5.47. The maximum absolute atomic E-state index is 12.6. The van der Waals surface area contributed by atoms with E-state index in [1.807, 2.05) is 60.7 Å². The number of carbonyl (C=O) groups excluding carboxylic acids is 3. The summed E-state index contributed by atoms with van der Waals surface area (Å²) >= 11 is 0. The van der Waals surface area contributed by atoms with E-state index in [0.29, 0.717) is 28.9 Å². The van der Waals surface area contributed by atoms with Crippen LogP contribution in [0.2, 0.25) is 0 Å². The Morgan fingerprint density at radius 1 is 0.643 bits per heavy atom. The van der Waals surface area contributed by atoms with E-state index in [2.05, 4.69) is 25.0 Å². The summed E-state index contributed by atoms with van der Waals surface area (Å²) in [6.45, 7) is 10.7. The van der Waals surface area contributed by atoms with Crippen LogP contribution >= 0.6 is 0 Å². The predicted molar refractivity (Wildman–Crippen MR) is 164 cm³/mol. The van der Waals surface area contributed by atoms with Gasteiger partial charge in [0, 0.05) is 23.1 Å². The second kappa shape index (κ2) is 13.7. The van der Waals surface area contributed by atoms with E-state index in [9.17, 15) is 14.4 Å². The lowest BCUT2D eigenvalue weighted by Crippen LogP contribution is -2.08. The Kier molecular flexibility index (Phi) is 9.65. The first-order valence-electron chi connectivity index (χ1n) is 13.3. The molecule has 0 aromatic heterocycles. The lowest BCUT2D eigenvalue weighted by Gasteiger charge is -2.08. The summed E-state index contributed by atoms with van der Waals surface area (Å²) in [4.78, 5) is 36.0. The van der Waals surface area contributed by atoms with Gasteiger partial charge in [-0.1, -0.05) is 73.5 Å². The molecule has 4 aromatic carbocycles. The largest absolute Gasteiger partial charge is 0.457 e. The van der Waals surface area contributed by atoms with Crippen molar-refractivity contribution in [3.63, 3.8) is 0 Å². The second-order valence-corrected chi connectivity index (χ2v) is 9.87. The Morgan fingerprint density at radius 2 is 1.14 bits per heavy atom. The van der Waals surface area contributed by atoms with Gasteiger partial charge in [-0.3, -0.25) is 4.79 Å². The molecular formula is C37H30O5. The minimum atomic E-state index is -0.468. The summed E-state index contributed by atoms with van der Waals surface area (Å²) in [5.74, 6) is 5.83. The van der Waals surface area contributed by atoms with Gasteiger partial charge in [0.2, 0.25) is 0 Å². The highest BCUT2D eigenvalue weighted by Gasteiger charge is 2.10. The summed E-state index contributed by atoms with van der Waals surface area (Å²) in [6, 6.07) is 29.5. The van der Waals surface area contributed by atoms with Gasteiger partial charge in [-0.2, -0.15) is 0 Å². The van der Waals surface area contributed by atoms with Crippen LogP contribution in [0.5, 0.6) is 5.75 Å². The van der Waals surface area contributed by atoms with Crippen molar-refractivity contribution in [2.45, 2.75) is 26.9 Å². The van der Waals surface area contributed by atoms with Crippen molar-refractivity contribution >= 4 is 17.7 Å². The highest BCUT2D eigenvalue weighted by molar-refractivity contribution is 5.95. The van der Waals surface area contributed by atoms with Crippen LogP contribution in [-0.2, 0) is 27.4 Å². The molecule has 208 valence electrons. The van der Waals surface area contributed by atoms with Gasteiger partial charge in [0.15, 0.2) is 5.78 Å². The zero-order chi connectivity index (χ0) is 30.1. The van der Waals surface area contributed by atoms with Crippen LogP contribution in [0.3, 0.4) is 0 Å².